The Morgan fingerprint density at radius 2 is 1.83 bits per heavy atom. The van der Waals surface area contributed by atoms with Crippen molar-refractivity contribution in [3.63, 3.8) is 0 Å². The van der Waals surface area contributed by atoms with Gasteiger partial charge in [0.15, 0.2) is 0 Å². The molecule has 1 amide bonds. The molecule has 3 aromatic carbocycles. The van der Waals surface area contributed by atoms with Gasteiger partial charge in [0.05, 0.1) is 20.1 Å². The molecule has 1 aromatic heterocycles. The second kappa shape index (κ2) is 10.9. The van der Waals surface area contributed by atoms with E-state index in [-0.39, 0.29) is 30.2 Å². The smallest absolute Gasteiger partial charge is 0.339 e. The highest BCUT2D eigenvalue weighted by molar-refractivity contribution is 5.98. The van der Waals surface area contributed by atoms with Crippen LogP contribution in [0.4, 0.5) is 5.69 Å². The molecule has 1 atom stereocenters. The van der Waals surface area contributed by atoms with Gasteiger partial charge in [-0.15, -0.1) is 0 Å². The molecule has 4 rings (SSSR count). The number of amides is 1. The fourth-order valence-corrected chi connectivity index (χ4v) is 4.36. The molecule has 184 valence electrons. The van der Waals surface area contributed by atoms with Gasteiger partial charge in [-0.3, -0.25) is 9.78 Å². The molecule has 0 aliphatic rings. The number of fused-ring (bicyclic) bond motifs is 1. The number of carboxylic acids is 1. The second-order valence-corrected chi connectivity index (χ2v) is 8.22. The first-order valence-corrected chi connectivity index (χ1v) is 11.4. The van der Waals surface area contributed by atoms with Gasteiger partial charge < -0.3 is 25.6 Å². The van der Waals surface area contributed by atoms with Crippen LogP contribution in [0, 0.1) is 0 Å². The van der Waals surface area contributed by atoms with Crippen LogP contribution in [0.2, 0.25) is 0 Å². The number of carbonyl (C=O) groups excluding carboxylic acids is 1. The fourth-order valence-electron chi connectivity index (χ4n) is 4.36. The standard InChI is InChI=1S/C28H27N3O5/c1-35-25-10-9-22(28(33)34)26(36-2)23(25)14-18-5-3-4-6-21(18)24(15-29)27(32)31-20-8-7-19-16-30-12-11-17(19)13-20/h3-13,16,24H,14-15,29H2,1-2H3,(H,31,32)(H,33,34). The first-order valence-electron chi connectivity index (χ1n) is 11.4. The maximum absolute atomic E-state index is 13.3. The van der Waals surface area contributed by atoms with Crippen molar-refractivity contribution in [2.45, 2.75) is 12.3 Å². The second-order valence-electron chi connectivity index (χ2n) is 8.22. The van der Waals surface area contributed by atoms with Gasteiger partial charge in [-0.1, -0.05) is 30.3 Å². The van der Waals surface area contributed by atoms with E-state index in [0.29, 0.717) is 17.0 Å². The number of anilines is 1. The van der Waals surface area contributed by atoms with Gasteiger partial charge in [0.2, 0.25) is 5.91 Å². The van der Waals surface area contributed by atoms with Crippen molar-refractivity contribution in [1.29, 1.82) is 0 Å². The summed E-state index contributed by atoms with van der Waals surface area (Å²) >= 11 is 0. The average molecular weight is 486 g/mol. The third-order valence-electron chi connectivity index (χ3n) is 6.13. The van der Waals surface area contributed by atoms with E-state index < -0.39 is 11.9 Å². The monoisotopic (exact) mass is 485 g/mol. The lowest BCUT2D eigenvalue weighted by atomic mass is 9.89. The van der Waals surface area contributed by atoms with Crippen molar-refractivity contribution >= 4 is 28.3 Å². The summed E-state index contributed by atoms with van der Waals surface area (Å²) in [6.07, 6.45) is 3.76. The van der Waals surface area contributed by atoms with Gasteiger partial charge in [0.1, 0.15) is 17.1 Å². The lowest BCUT2D eigenvalue weighted by molar-refractivity contribution is -0.117. The van der Waals surface area contributed by atoms with Gasteiger partial charge >= 0.3 is 5.97 Å². The van der Waals surface area contributed by atoms with E-state index >= 15 is 0 Å². The molecule has 36 heavy (non-hydrogen) atoms. The topological polar surface area (TPSA) is 124 Å². The zero-order valence-electron chi connectivity index (χ0n) is 20.0. The van der Waals surface area contributed by atoms with Crippen LogP contribution in [-0.4, -0.2) is 42.7 Å². The molecule has 8 nitrogen and oxygen atoms in total. The molecule has 4 aromatic rings. The van der Waals surface area contributed by atoms with Crippen LogP contribution in [0.5, 0.6) is 11.5 Å². The van der Waals surface area contributed by atoms with Gasteiger partial charge in [0.25, 0.3) is 0 Å². The molecule has 0 radical (unpaired) electrons. The number of rotatable bonds is 9. The predicted octanol–water partition coefficient (Wildman–Crippen LogP) is 4.22. The first kappa shape index (κ1) is 24.7. The number of aromatic carboxylic acids is 1. The molecule has 0 spiro atoms. The minimum atomic E-state index is -1.10. The van der Waals surface area contributed by atoms with Gasteiger partial charge in [0, 0.05) is 42.0 Å². The third kappa shape index (κ3) is 4.99. The Labute approximate surface area is 208 Å². The number of pyridine rings is 1. The highest BCUT2D eigenvalue weighted by Gasteiger charge is 2.25. The third-order valence-corrected chi connectivity index (χ3v) is 6.13. The molecule has 1 unspecified atom stereocenters. The Balaban J connectivity index is 1.68. The van der Waals surface area contributed by atoms with Crippen molar-refractivity contribution in [3.05, 3.63) is 95.3 Å². The van der Waals surface area contributed by atoms with Crippen LogP contribution in [0.3, 0.4) is 0 Å². The number of methoxy groups -OCH3 is 2. The number of nitrogens with zero attached hydrogens (tertiary/aromatic N) is 1. The normalized spacial score (nSPS) is 11.6. The molecule has 0 aliphatic heterocycles. The summed E-state index contributed by atoms with van der Waals surface area (Å²) in [5.74, 6) is -1.26. The van der Waals surface area contributed by atoms with Gasteiger partial charge in [-0.25, -0.2) is 4.79 Å². The molecule has 0 fully saturated rings. The van der Waals surface area contributed by atoms with Gasteiger partial charge in [-0.05, 0) is 46.8 Å². The average Bonchev–Trinajstić information content (AvgIpc) is 2.89. The molecule has 0 bridgehead atoms. The predicted molar refractivity (Wildman–Crippen MR) is 138 cm³/mol. The van der Waals surface area contributed by atoms with E-state index in [1.54, 1.807) is 18.5 Å². The maximum atomic E-state index is 13.3. The fraction of sp³-hybridized carbons (Fsp3) is 0.179. The zero-order chi connectivity index (χ0) is 25.7. The minimum absolute atomic E-state index is 0.0328. The summed E-state index contributed by atoms with van der Waals surface area (Å²) in [6, 6.07) is 18.0. The molecule has 0 saturated heterocycles. The molecule has 8 heteroatoms. The van der Waals surface area contributed by atoms with E-state index in [2.05, 4.69) is 10.3 Å². The Kier molecular flexibility index (Phi) is 7.46. The summed E-state index contributed by atoms with van der Waals surface area (Å²) in [5.41, 5.74) is 8.91. The largest absolute Gasteiger partial charge is 0.496 e. The number of nitrogens with two attached hydrogens (primary N) is 1. The molecule has 0 aliphatic carbocycles. The number of aromatic nitrogens is 1. The van der Waals surface area contributed by atoms with E-state index in [9.17, 15) is 14.7 Å². The van der Waals surface area contributed by atoms with Crippen LogP contribution in [0.15, 0.2) is 73.1 Å². The Hall–Kier alpha value is -4.43. The highest BCUT2D eigenvalue weighted by atomic mass is 16.5. The SMILES string of the molecule is COc1ccc(C(=O)O)c(OC)c1Cc1ccccc1C(CN)C(=O)Nc1ccc2cnccc2c1. The quantitative estimate of drug-likeness (QED) is 0.324. The van der Waals surface area contributed by atoms with Crippen molar-refractivity contribution in [3.8, 4) is 11.5 Å². The molecule has 0 saturated carbocycles. The molecular weight excluding hydrogens is 458 g/mol. The first-order chi connectivity index (χ1) is 17.5. The number of carboxylic acid groups (broad SMARTS) is 1. The van der Waals surface area contributed by atoms with Crippen molar-refractivity contribution in [1.82, 2.24) is 4.98 Å². The summed E-state index contributed by atoms with van der Waals surface area (Å²) in [5, 5.41) is 14.5. The summed E-state index contributed by atoms with van der Waals surface area (Å²) in [4.78, 5) is 29.2. The van der Waals surface area contributed by atoms with Crippen LogP contribution < -0.4 is 20.5 Å². The Morgan fingerprint density at radius 3 is 2.56 bits per heavy atom. The van der Waals surface area contributed by atoms with Crippen LogP contribution in [0.25, 0.3) is 10.8 Å². The molecule has 1 heterocycles. The number of nitrogens with one attached hydrogen (secondary N) is 1. The zero-order valence-corrected chi connectivity index (χ0v) is 20.0. The summed E-state index contributed by atoms with van der Waals surface area (Å²) < 4.78 is 11.0. The van der Waals surface area contributed by atoms with E-state index in [0.717, 1.165) is 21.9 Å². The van der Waals surface area contributed by atoms with Crippen LogP contribution >= 0.6 is 0 Å². The maximum Gasteiger partial charge on any atom is 0.339 e. The number of hydrogen-bond acceptors (Lipinski definition) is 6. The highest BCUT2D eigenvalue weighted by Crippen LogP contribution is 2.36. The number of benzene rings is 3. The number of hydrogen-bond donors (Lipinski definition) is 3. The van der Waals surface area contributed by atoms with Crippen LogP contribution in [-0.2, 0) is 11.2 Å². The van der Waals surface area contributed by atoms with E-state index in [4.69, 9.17) is 15.2 Å². The Bertz CT molecular complexity index is 1420. The summed E-state index contributed by atoms with van der Waals surface area (Å²) in [6.45, 7) is 0.0871. The minimum Gasteiger partial charge on any atom is -0.496 e. The van der Waals surface area contributed by atoms with Crippen molar-refractivity contribution in [2.75, 3.05) is 26.1 Å². The van der Waals surface area contributed by atoms with Crippen molar-refractivity contribution in [2.24, 2.45) is 5.73 Å². The molecular formula is C28H27N3O5. The molecule has 4 N–H and O–H groups in total. The number of ether oxygens (including phenoxy) is 2. The van der Waals surface area contributed by atoms with Crippen molar-refractivity contribution < 1.29 is 24.2 Å². The lowest BCUT2D eigenvalue weighted by Crippen LogP contribution is -2.28. The van der Waals surface area contributed by atoms with E-state index in [1.165, 1.54) is 20.3 Å². The Morgan fingerprint density at radius 1 is 1.03 bits per heavy atom. The van der Waals surface area contributed by atoms with E-state index in [1.807, 2.05) is 48.5 Å². The lowest BCUT2D eigenvalue weighted by Gasteiger charge is -2.21. The summed E-state index contributed by atoms with van der Waals surface area (Å²) in [7, 11) is 2.94. The van der Waals surface area contributed by atoms with Gasteiger partial charge in [-0.2, -0.15) is 0 Å². The number of carbonyl (C=O) groups is 2. The van der Waals surface area contributed by atoms with Crippen LogP contribution in [0.1, 0.15) is 33.0 Å².